The zero-order valence-corrected chi connectivity index (χ0v) is 15.9. The maximum Gasteiger partial charge on any atom is 0.212 e. The van der Waals surface area contributed by atoms with Gasteiger partial charge in [-0.1, -0.05) is 41.9 Å². The molecule has 0 saturated carbocycles. The number of nitrogens with zero attached hydrogens (tertiary/aromatic N) is 1. The van der Waals surface area contributed by atoms with Gasteiger partial charge in [0.2, 0.25) is 6.41 Å². The maximum atomic E-state index is 14.8. The largest absolute Gasteiger partial charge is 0.355 e. The number of halogens is 3. The molecule has 1 heterocycles. The fourth-order valence-corrected chi connectivity index (χ4v) is 3.47. The summed E-state index contributed by atoms with van der Waals surface area (Å²) in [5, 5.41) is 6.34. The normalized spacial score (nSPS) is 10.9. The summed E-state index contributed by atoms with van der Waals surface area (Å²) in [7, 11) is 0. The summed E-state index contributed by atoms with van der Waals surface area (Å²) < 4.78 is 29.9. The summed E-state index contributed by atoms with van der Waals surface area (Å²) in [4.78, 5) is 11.1. The molecular formula is C22H16ClF2N3O. The van der Waals surface area contributed by atoms with E-state index in [4.69, 9.17) is 11.6 Å². The number of carbonyl (C=O) groups excluding carboxylic acids is 1. The van der Waals surface area contributed by atoms with E-state index in [9.17, 15) is 13.6 Å². The molecular weight excluding hydrogens is 396 g/mol. The van der Waals surface area contributed by atoms with Crippen LogP contribution in [-0.4, -0.2) is 11.0 Å². The Morgan fingerprint density at radius 1 is 0.966 bits per heavy atom. The molecule has 0 radical (unpaired) electrons. The second-order valence-corrected chi connectivity index (χ2v) is 6.88. The predicted molar refractivity (Wildman–Crippen MR) is 112 cm³/mol. The Morgan fingerprint density at radius 3 is 2.45 bits per heavy atom. The first-order valence-corrected chi connectivity index (χ1v) is 9.22. The molecule has 7 heteroatoms. The third kappa shape index (κ3) is 3.79. The van der Waals surface area contributed by atoms with Gasteiger partial charge in [-0.3, -0.25) is 4.79 Å². The molecule has 0 aliphatic heterocycles. The number of hydrogen-bond donors (Lipinski definition) is 2. The van der Waals surface area contributed by atoms with Crippen LogP contribution in [0.2, 0.25) is 5.02 Å². The third-order valence-electron chi connectivity index (χ3n) is 4.60. The molecule has 0 spiro atoms. The fourth-order valence-electron chi connectivity index (χ4n) is 3.29. The number of anilines is 3. The molecule has 3 aromatic carbocycles. The molecule has 4 rings (SSSR count). The Bertz CT molecular complexity index is 1190. The van der Waals surface area contributed by atoms with Gasteiger partial charge in [0.1, 0.15) is 17.5 Å². The minimum atomic E-state index is -0.520. The van der Waals surface area contributed by atoms with E-state index < -0.39 is 11.6 Å². The number of carbonyl (C=O) groups is 1. The molecule has 4 aromatic rings. The first-order chi connectivity index (χ1) is 14.1. The van der Waals surface area contributed by atoms with Gasteiger partial charge in [-0.25, -0.2) is 8.78 Å². The van der Waals surface area contributed by atoms with Crippen molar-refractivity contribution in [1.82, 2.24) is 4.57 Å². The first kappa shape index (κ1) is 19.0. The van der Waals surface area contributed by atoms with Gasteiger partial charge in [-0.15, -0.1) is 0 Å². The van der Waals surface area contributed by atoms with Crippen LogP contribution >= 0.6 is 11.6 Å². The van der Waals surface area contributed by atoms with E-state index in [0.717, 1.165) is 5.56 Å². The minimum absolute atomic E-state index is 0.0155. The zero-order valence-electron chi connectivity index (χ0n) is 15.1. The van der Waals surface area contributed by atoms with E-state index in [1.807, 2.05) is 30.3 Å². The fraction of sp³-hybridized carbons (Fsp3) is 0.0455. The molecule has 146 valence electrons. The lowest BCUT2D eigenvalue weighted by Crippen LogP contribution is -2.06. The van der Waals surface area contributed by atoms with Gasteiger partial charge < -0.3 is 15.2 Å². The Labute approximate surface area is 170 Å². The van der Waals surface area contributed by atoms with Crippen LogP contribution in [0.4, 0.5) is 26.0 Å². The molecule has 1 aromatic heterocycles. The highest BCUT2D eigenvalue weighted by atomic mass is 35.5. The highest BCUT2D eigenvalue weighted by Crippen LogP contribution is 2.34. The van der Waals surface area contributed by atoms with Gasteiger partial charge in [-0.05, 0) is 42.0 Å². The highest BCUT2D eigenvalue weighted by molar-refractivity contribution is 6.31. The molecule has 0 fully saturated rings. The topological polar surface area (TPSA) is 46.1 Å². The molecule has 1 amide bonds. The standard InChI is InChI=1S/C22H16ClF2N3O/c23-17-10-15(6-7-18(17)24)27-20-9-8-19(25)22-16(20)11-21(26-13-29)28(22)12-14-4-2-1-3-5-14/h1-11,13,27H,12H2,(H,26,29). The van der Waals surface area contributed by atoms with E-state index in [0.29, 0.717) is 41.1 Å². The van der Waals surface area contributed by atoms with Gasteiger partial charge in [0.05, 0.1) is 10.5 Å². The molecule has 0 aliphatic carbocycles. The predicted octanol–water partition coefficient (Wildman–Crippen LogP) is 5.93. The van der Waals surface area contributed by atoms with Crippen LogP contribution in [0.1, 0.15) is 5.56 Å². The van der Waals surface area contributed by atoms with Crippen LogP contribution in [0.15, 0.2) is 66.7 Å². The van der Waals surface area contributed by atoms with Gasteiger partial charge in [0.25, 0.3) is 0 Å². The number of benzene rings is 3. The average molecular weight is 412 g/mol. The summed E-state index contributed by atoms with van der Waals surface area (Å²) in [6, 6.07) is 18.4. The Morgan fingerprint density at radius 2 is 1.72 bits per heavy atom. The van der Waals surface area contributed by atoms with Crippen LogP contribution in [0.25, 0.3) is 10.9 Å². The Hall–Kier alpha value is -3.38. The lowest BCUT2D eigenvalue weighted by Gasteiger charge is -2.12. The number of aromatic nitrogens is 1. The van der Waals surface area contributed by atoms with Crippen molar-refractivity contribution in [2.45, 2.75) is 6.54 Å². The van der Waals surface area contributed by atoms with Gasteiger partial charge in [0, 0.05) is 23.3 Å². The van der Waals surface area contributed by atoms with E-state index in [1.165, 1.54) is 18.2 Å². The van der Waals surface area contributed by atoms with Crippen LogP contribution in [0.5, 0.6) is 0 Å². The first-order valence-electron chi connectivity index (χ1n) is 8.85. The van der Waals surface area contributed by atoms with Gasteiger partial charge in [0.15, 0.2) is 0 Å². The maximum absolute atomic E-state index is 14.8. The Kier molecular flexibility index (Phi) is 5.18. The van der Waals surface area contributed by atoms with Crippen molar-refractivity contribution in [1.29, 1.82) is 0 Å². The zero-order chi connectivity index (χ0) is 20.4. The van der Waals surface area contributed by atoms with Crippen LogP contribution in [0, 0.1) is 11.6 Å². The smallest absolute Gasteiger partial charge is 0.212 e. The van der Waals surface area contributed by atoms with Crippen molar-refractivity contribution in [3.05, 3.63) is 89.0 Å². The molecule has 4 nitrogen and oxygen atoms in total. The van der Waals surface area contributed by atoms with Crippen molar-refractivity contribution < 1.29 is 13.6 Å². The number of amides is 1. The van der Waals surface area contributed by atoms with E-state index in [-0.39, 0.29) is 5.02 Å². The summed E-state index contributed by atoms with van der Waals surface area (Å²) >= 11 is 5.86. The second-order valence-electron chi connectivity index (χ2n) is 6.47. The van der Waals surface area contributed by atoms with E-state index in [1.54, 1.807) is 22.8 Å². The third-order valence-corrected chi connectivity index (χ3v) is 4.89. The number of fused-ring (bicyclic) bond motifs is 1. The van der Waals surface area contributed by atoms with Gasteiger partial charge >= 0.3 is 0 Å². The van der Waals surface area contributed by atoms with Crippen molar-refractivity contribution in [3.63, 3.8) is 0 Å². The number of hydrogen-bond acceptors (Lipinski definition) is 2. The summed E-state index contributed by atoms with van der Waals surface area (Å²) in [5.74, 6) is -0.477. The SMILES string of the molecule is O=CNc1cc2c(Nc3ccc(F)c(Cl)c3)ccc(F)c2n1Cc1ccccc1. The van der Waals surface area contributed by atoms with Crippen molar-refractivity contribution in [2.75, 3.05) is 10.6 Å². The van der Waals surface area contributed by atoms with Crippen molar-refractivity contribution in [3.8, 4) is 0 Å². The Balaban J connectivity index is 1.83. The lowest BCUT2D eigenvalue weighted by molar-refractivity contribution is -0.105. The van der Waals surface area contributed by atoms with Crippen LogP contribution in [0.3, 0.4) is 0 Å². The number of rotatable bonds is 6. The van der Waals surface area contributed by atoms with Crippen molar-refractivity contribution in [2.24, 2.45) is 0 Å². The van der Waals surface area contributed by atoms with E-state index >= 15 is 0 Å². The number of nitrogens with one attached hydrogen (secondary N) is 2. The lowest BCUT2D eigenvalue weighted by atomic mass is 10.2. The van der Waals surface area contributed by atoms with Crippen molar-refractivity contribution >= 4 is 46.1 Å². The highest BCUT2D eigenvalue weighted by Gasteiger charge is 2.16. The quantitative estimate of drug-likeness (QED) is 0.386. The minimum Gasteiger partial charge on any atom is -0.355 e. The van der Waals surface area contributed by atoms with Crippen LogP contribution in [-0.2, 0) is 11.3 Å². The average Bonchev–Trinajstić information content (AvgIpc) is 3.07. The molecule has 0 aliphatic rings. The molecule has 0 atom stereocenters. The molecule has 0 bridgehead atoms. The molecule has 0 saturated heterocycles. The summed E-state index contributed by atoms with van der Waals surface area (Å²) in [5.41, 5.74) is 2.47. The van der Waals surface area contributed by atoms with E-state index in [2.05, 4.69) is 10.6 Å². The second kappa shape index (κ2) is 7.93. The van der Waals surface area contributed by atoms with Gasteiger partial charge in [-0.2, -0.15) is 0 Å². The summed E-state index contributed by atoms with van der Waals surface area (Å²) in [6.07, 6.45) is 0.556. The molecule has 29 heavy (non-hydrogen) atoms. The van der Waals surface area contributed by atoms with Crippen LogP contribution < -0.4 is 10.6 Å². The monoisotopic (exact) mass is 411 g/mol. The molecule has 2 N–H and O–H groups in total. The molecule has 0 unspecified atom stereocenters. The summed E-state index contributed by atoms with van der Waals surface area (Å²) in [6.45, 7) is 0.378.